The molecule has 0 spiro atoms. The van der Waals surface area contributed by atoms with Gasteiger partial charge in [0, 0.05) is 24.6 Å². The SMILES string of the molecule is Cc1cccn2cc(-c3ccccc3NC(=O)C3CCOC3)nc12. The van der Waals surface area contributed by atoms with E-state index >= 15 is 0 Å². The smallest absolute Gasteiger partial charge is 0.229 e. The maximum absolute atomic E-state index is 12.4. The Kier molecular flexibility index (Phi) is 3.78. The minimum atomic E-state index is -0.0682. The highest BCUT2D eigenvalue weighted by molar-refractivity contribution is 5.96. The number of hydrogen-bond donors (Lipinski definition) is 1. The topological polar surface area (TPSA) is 55.6 Å². The Labute approximate surface area is 140 Å². The molecule has 0 bridgehead atoms. The van der Waals surface area contributed by atoms with E-state index in [4.69, 9.17) is 9.72 Å². The van der Waals surface area contributed by atoms with E-state index in [9.17, 15) is 4.79 Å². The number of carbonyl (C=O) groups excluding carboxylic acids is 1. The fraction of sp³-hybridized carbons (Fsp3) is 0.263. The second-order valence-electron chi connectivity index (χ2n) is 6.14. The normalized spacial score (nSPS) is 17.3. The number of aromatic nitrogens is 2. The number of amides is 1. The Balaban J connectivity index is 1.69. The largest absolute Gasteiger partial charge is 0.381 e. The predicted octanol–water partition coefficient (Wildman–Crippen LogP) is 3.28. The average Bonchev–Trinajstić information content (AvgIpc) is 3.26. The Bertz CT molecular complexity index is 895. The summed E-state index contributed by atoms with van der Waals surface area (Å²) < 4.78 is 7.32. The van der Waals surface area contributed by atoms with E-state index in [1.54, 1.807) is 0 Å². The minimum Gasteiger partial charge on any atom is -0.381 e. The number of fused-ring (bicyclic) bond motifs is 1. The van der Waals surface area contributed by atoms with Crippen LogP contribution in [-0.4, -0.2) is 28.5 Å². The van der Waals surface area contributed by atoms with Gasteiger partial charge in [0.2, 0.25) is 5.91 Å². The van der Waals surface area contributed by atoms with Crippen molar-refractivity contribution in [1.29, 1.82) is 0 Å². The van der Waals surface area contributed by atoms with Crippen LogP contribution in [0.4, 0.5) is 5.69 Å². The number of pyridine rings is 1. The summed E-state index contributed by atoms with van der Waals surface area (Å²) in [5, 5.41) is 3.04. The number of imidazole rings is 1. The third-order valence-electron chi connectivity index (χ3n) is 4.44. The van der Waals surface area contributed by atoms with Crippen molar-refractivity contribution in [2.45, 2.75) is 13.3 Å². The van der Waals surface area contributed by atoms with Gasteiger partial charge in [-0.1, -0.05) is 24.3 Å². The van der Waals surface area contributed by atoms with Crippen molar-refractivity contribution in [3.63, 3.8) is 0 Å². The van der Waals surface area contributed by atoms with Crippen molar-refractivity contribution in [2.24, 2.45) is 5.92 Å². The number of hydrogen-bond acceptors (Lipinski definition) is 3. The first kappa shape index (κ1) is 14.9. The summed E-state index contributed by atoms with van der Waals surface area (Å²) in [5.41, 5.74) is 4.61. The summed E-state index contributed by atoms with van der Waals surface area (Å²) >= 11 is 0. The third kappa shape index (κ3) is 2.67. The summed E-state index contributed by atoms with van der Waals surface area (Å²) in [6.07, 6.45) is 4.75. The van der Waals surface area contributed by atoms with Crippen molar-refractivity contribution < 1.29 is 9.53 Å². The lowest BCUT2D eigenvalue weighted by atomic mass is 10.1. The number of rotatable bonds is 3. The Hall–Kier alpha value is -2.66. The third-order valence-corrected chi connectivity index (χ3v) is 4.44. The first-order valence-electron chi connectivity index (χ1n) is 8.15. The zero-order valence-electron chi connectivity index (χ0n) is 13.5. The second kappa shape index (κ2) is 6.09. The van der Waals surface area contributed by atoms with Crippen LogP contribution in [0.1, 0.15) is 12.0 Å². The lowest BCUT2D eigenvalue weighted by Crippen LogP contribution is -2.23. The molecule has 1 aliphatic heterocycles. The van der Waals surface area contributed by atoms with Crippen molar-refractivity contribution in [2.75, 3.05) is 18.5 Å². The van der Waals surface area contributed by atoms with E-state index in [0.29, 0.717) is 13.2 Å². The van der Waals surface area contributed by atoms with Crippen LogP contribution >= 0.6 is 0 Å². The molecular weight excluding hydrogens is 302 g/mol. The molecule has 0 saturated carbocycles. The minimum absolute atomic E-state index is 0.0138. The molecule has 3 aromatic rings. The van der Waals surface area contributed by atoms with Gasteiger partial charge < -0.3 is 14.5 Å². The fourth-order valence-corrected chi connectivity index (χ4v) is 3.07. The molecule has 24 heavy (non-hydrogen) atoms. The van der Waals surface area contributed by atoms with Gasteiger partial charge in [-0.05, 0) is 31.0 Å². The maximum atomic E-state index is 12.4. The molecule has 1 saturated heterocycles. The van der Waals surface area contributed by atoms with Crippen molar-refractivity contribution in [1.82, 2.24) is 9.38 Å². The molecule has 1 unspecified atom stereocenters. The quantitative estimate of drug-likeness (QED) is 0.805. The predicted molar refractivity (Wildman–Crippen MR) is 92.9 cm³/mol. The van der Waals surface area contributed by atoms with Crippen LogP contribution in [0.2, 0.25) is 0 Å². The number of aryl methyl sites for hydroxylation is 1. The van der Waals surface area contributed by atoms with E-state index in [2.05, 4.69) is 5.32 Å². The molecule has 2 aromatic heterocycles. The number of para-hydroxylation sites is 1. The van der Waals surface area contributed by atoms with E-state index in [1.807, 2.05) is 60.1 Å². The first-order valence-corrected chi connectivity index (χ1v) is 8.15. The average molecular weight is 321 g/mol. The van der Waals surface area contributed by atoms with Gasteiger partial charge in [0.1, 0.15) is 5.65 Å². The van der Waals surface area contributed by atoms with Crippen LogP contribution in [0.15, 0.2) is 48.8 Å². The lowest BCUT2D eigenvalue weighted by Gasteiger charge is -2.12. The number of anilines is 1. The summed E-state index contributed by atoms with van der Waals surface area (Å²) in [6.45, 7) is 3.20. The van der Waals surface area contributed by atoms with Gasteiger partial charge >= 0.3 is 0 Å². The van der Waals surface area contributed by atoms with Gasteiger partial charge in [0.05, 0.1) is 23.9 Å². The molecule has 3 heterocycles. The summed E-state index contributed by atoms with van der Waals surface area (Å²) in [4.78, 5) is 17.1. The van der Waals surface area contributed by atoms with Gasteiger partial charge in [-0.15, -0.1) is 0 Å². The summed E-state index contributed by atoms with van der Waals surface area (Å²) in [7, 11) is 0. The van der Waals surface area contributed by atoms with Crippen molar-refractivity contribution in [3.8, 4) is 11.3 Å². The van der Waals surface area contributed by atoms with Gasteiger partial charge in [0.15, 0.2) is 0 Å². The van der Waals surface area contributed by atoms with Crippen molar-refractivity contribution in [3.05, 3.63) is 54.4 Å². The zero-order valence-corrected chi connectivity index (χ0v) is 13.5. The second-order valence-corrected chi connectivity index (χ2v) is 6.14. The van der Waals surface area contributed by atoms with Crippen LogP contribution in [0.3, 0.4) is 0 Å². The van der Waals surface area contributed by atoms with Crippen LogP contribution in [0.5, 0.6) is 0 Å². The van der Waals surface area contributed by atoms with Gasteiger partial charge in [-0.25, -0.2) is 4.98 Å². The Morgan fingerprint density at radius 1 is 1.29 bits per heavy atom. The standard InChI is InChI=1S/C19H19N3O2/c1-13-5-4-9-22-11-17(20-18(13)22)15-6-2-3-7-16(15)21-19(23)14-8-10-24-12-14/h2-7,9,11,14H,8,10,12H2,1H3,(H,21,23). The van der Waals surface area contributed by atoms with Crippen molar-refractivity contribution >= 4 is 17.2 Å². The van der Waals surface area contributed by atoms with E-state index in [0.717, 1.165) is 34.6 Å². The van der Waals surface area contributed by atoms with Crippen LogP contribution in [-0.2, 0) is 9.53 Å². The molecular formula is C19H19N3O2. The molecule has 1 atom stereocenters. The van der Waals surface area contributed by atoms with Gasteiger partial charge in [0.25, 0.3) is 0 Å². The molecule has 5 nitrogen and oxygen atoms in total. The molecule has 1 aromatic carbocycles. The molecule has 5 heteroatoms. The fourth-order valence-electron chi connectivity index (χ4n) is 3.07. The Morgan fingerprint density at radius 3 is 2.96 bits per heavy atom. The van der Waals surface area contributed by atoms with Gasteiger partial charge in [-0.2, -0.15) is 0 Å². The van der Waals surface area contributed by atoms with E-state index in [1.165, 1.54) is 0 Å². The number of nitrogens with one attached hydrogen (secondary N) is 1. The molecule has 1 aliphatic rings. The van der Waals surface area contributed by atoms with Crippen LogP contribution in [0.25, 0.3) is 16.9 Å². The molecule has 1 amide bonds. The molecule has 0 aliphatic carbocycles. The maximum Gasteiger partial charge on any atom is 0.229 e. The molecule has 1 N–H and O–H groups in total. The van der Waals surface area contributed by atoms with Crippen LogP contribution < -0.4 is 5.32 Å². The highest BCUT2D eigenvalue weighted by Crippen LogP contribution is 2.29. The van der Waals surface area contributed by atoms with Crippen LogP contribution in [0, 0.1) is 12.8 Å². The highest BCUT2D eigenvalue weighted by atomic mass is 16.5. The monoisotopic (exact) mass is 321 g/mol. The number of carbonyl (C=O) groups is 1. The first-order chi connectivity index (χ1) is 11.7. The van der Waals surface area contributed by atoms with E-state index in [-0.39, 0.29) is 11.8 Å². The van der Waals surface area contributed by atoms with E-state index < -0.39 is 0 Å². The summed E-state index contributed by atoms with van der Waals surface area (Å²) in [6, 6.07) is 11.8. The molecule has 122 valence electrons. The number of nitrogens with zero attached hydrogens (tertiary/aromatic N) is 2. The molecule has 1 fully saturated rings. The number of benzene rings is 1. The highest BCUT2D eigenvalue weighted by Gasteiger charge is 2.24. The zero-order chi connectivity index (χ0) is 16.5. The molecule has 0 radical (unpaired) electrons. The Morgan fingerprint density at radius 2 is 2.17 bits per heavy atom. The number of ether oxygens (including phenoxy) is 1. The molecule has 4 rings (SSSR count). The van der Waals surface area contributed by atoms with Gasteiger partial charge in [-0.3, -0.25) is 4.79 Å². The summed E-state index contributed by atoms with van der Waals surface area (Å²) in [5.74, 6) is -0.0544. The lowest BCUT2D eigenvalue weighted by molar-refractivity contribution is -0.119.